The van der Waals surface area contributed by atoms with Gasteiger partial charge in [-0.15, -0.1) is 11.3 Å². The van der Waals surface area contributed by atoms with Crippen molar-refractivity contribution in [2.75, 3.05) is 27.4 Å². The van der Waals surface area contributed by atoms with Crippen LogP contribution in [0.25, 0.3) is 0 Å². The fourth-order valence-electron chi connectivity index (χ4n) is 1.76. The number of ether oxygens (including phenoxy) is 2. The van der Waals surface area contributed by atoms with Gasteiger partial charge in [-0.3, -0.25) is 4.79 Å². The van der Waals surface area contributed by atoms with Crippen molar-refractivity contribution in [3.05, 3.63) is 16.1 Å². The van der Waals surface area contributed by atoms with Gasteiger partial charge >= 0.3 is 0 Å². The van der Waals surface area contributed by atoms with Crippen molar-refractivity contribution < 1.29 is 14.3 Å². The van der Waals surface area contributed by atoms with Crippen LogP contribution in [0, 0.1) is 0 Å². The Morgan fingerprint density at radius 2 is 2.30 bits per heavy atom. The van der Waals surface area contributed by atoms with E-state index in [0.29, 0.717) is 13.2 Å². The summed E-state index contributed by atoms with van der Waals surface area (Å²) in [7, 11) is 3.23. The number of carbonyl (C=O) groups is 1. The lowest BCUT2D eigenvalue weighted by Gasteiger charge is -2.19. The van der Waals surface area contributed by atoms with Crippen LogP contribution < -0.4 is 5.73 Å². The van der Waals surface area contributed by atoms with E-state index in [1.54, 1.807) is 11.9 Å². The molecule has 1 aromatic rings. The molecule has 0 aliphatic heterocycles. The topological polar surface area (TPSA) is 77.7 Å². The SMILES string of the molecule is CCOC(C)c1nc(CN(C)C(=O)C(N)COC)cs1. The molecule has 1 amide bonds. The number of carbonyl (C=O) groups excluding carboxylic acids is 1. The monoisotopic (exact) mass is 301 g/mol. The van der Waals surface area contributed by atoms with Crippen LogP contribution in [-0.2, 0) is 20.8 Å². The third-order valence-corrected chi connectivity index (χ3v) is 3.83. The average Bonchev–Trinajstić information content (AvgIpc) is 2.87. The minimum absolute atomic E-state index is 0.0181. The van der Waals surface area contributed by atoms with E-state index in [2.05, 4.69) is 4.98 Å². The van der Waals surface area contributed by atoms with Crippen LogP contribution >= 0.6 is 11.3 Å². The zero-order valence-corrected chi connectivity index (χ0v) is 13.3. The van der Waals surface area contributed by atoms with Crippen molar-refractivity contribution in [3.63, 3.8) is 0 Å². The Morgan fingerprint density at radius 3 is 2.90 bits per heavy atom. The summed E-state index contributed by atoms with van der Waals surface area (Å²) < 4.78 is 10.4. The summed E-state index contributed by atoms with van der Waals surface area (Å²) in [4.78, 5) is 18.0. The molecule has 2 atom stereocenters. The Bertz CT molecular complexity index is 425. The van der Waals surface area contributed by atoms with Crippen LogP contribution in [0.5, 0.6) is 0 Å². The molecule has 0 aromatic carbocycles. The zero-order valence-electron chi connectivity index (χ0n) is 12.5. The van der Waals surface area contributed by atoms with E-state index in [4.69, 9.17) is 15.2 Å². The number of thiazole rings is 1. The molecule has 0 saturated carbocycles. The largest absolute Gasteiger partial charge is 0.383 e. The van der Waals surface area contributed by atoms with E-state index < -0.39 is 6.04 Å². The Morgan fingerprint density at radius 1 is 1.60 bits per heavy atom. The van der Waals surface area contributed by atoms with Crippen LogP contribution in [-0.4, -0.2) is 49.2 Å². The fourth-order valence-corrected chi connectivity index (χ4v) is 2.57. The van der Waals surface area contributed by atoms with E-state index in [0.717, 1.165) is 10.7 Å². The van der Waals surface area contributed by atoms with Crippen molar-refractivity contribution in [2.24, 2.45) is 5.73 Å². The lowest BCUT2D eigenvalue weighted by molar-refractivity contribution is -0.133. The van der Waals surface area contributed by atoms with Gasteiger partial charge in [0.2, 0.25) is 5.91 Å². The summed E-state index contributed by atoms with van der Waals surface area (Å²) >= 11 is 1.54. The van der Waals surface area contributed by atoms with Gasteiger partial charge in [-0.05, 0) is 13.8 Å². The smallest absolute Gasteiger partial charge is 0.241 e. The van der Waals surface area contributed by atoms with Crippen LogP contribution in [0.2, 0.25) is 0 Å². The minimum atomic E-state index is -0.634. The molecule has 7 heteroatoms. The number of methoxy groups -OCH3 is 1. The van der Waals surface area contributed by atoms with E-state index in [-0.39, 0.29) is 18.6 Å². The molecule has 0 spiro atoms. The first kappa shape index (κ1) is 17.0. The number of rotatable bonds is 8. The number of amides is 1. The summed E-state index contributed by atoms with van der Waals surface area (Å²) in [6.07, 6.45) is -0.0181. The van der Waals surface area contributed by atoms with Crippen molar-refractivity contribution >= 4 is 17.2 Å². The Labute approximate surface area is 123 Å². The summed E-state index contributed by atoms with van der Waals surface area (Å²) in [5.41, 5.74) is 6.57. The Balaban J connectivity index is 2.58. The maximum Gasteiger partial charge on any atom is 0.241 e. The van der Waals surface area contributed by atoms with Gasteiger partial charge in [-0.1, -0.05) is 0 Å². The van der Waals surface area contributed by atoms with Crippen molar-refractivity contribution in [1.82, 2.24) is 9.88 Å². The quantitative estimate of drug-likeness (QED) is 0.780. The highest BCUT2D eigenvalue weighted by Gasteiger charge is 2.19. The van der Waals surface area contributed by atoms with Gasteiger partial charge in [0.15, 0.2) is 0 Å². The summed E-state index contributed by atoms with van der Waals surface area (Å²) in [6, 6.07) is -0.634. The second-order valence-electron chi connectivity index (χ2n) is 4.53. The van der Waals surface area contributed by atoms with Gasteiger partial charge in [0.05, 0.1) is 18.8 Å². The molecule has 0 aliphatic carbocycles. The van der Waals surface area contributed by atoms with Gasteiger partial charge in [0, 0.05) is 26.1 Å². The fraction of sp³-hybridized carbons (Fsp3) is 0.692. The Kier molecular flexibility index (Phi) is 7.08. The molecule has 1 aromatic heterocycles. The van der Waals surface area contributed by atoms with Gasteiger partial charge in [-0.2, -0.15) is 0 Å². The second kappa shape index (κ2) is 8.31. The van der Waals surface area contributed by atoms with Crippen LogP contribution in [0.4, 0.5) is 0 Å². The molecule has 2 N–H and O–H groups in total. The molecule has 6 nitrogen and oxygen atoms in total. The first-order valence-corrected chi connectivity index (χ1v) is 7.42. The highest BCUT2D eigenvalue weighted by molar-refractivity contribution is 7.09. The number of nitrogens with zero attached hydrogens (tertiary/aromatic N) is 2. The predicted octanol–water partition coefficient (Wildman–Crippen LogP) is 1.17. The second-order valence-corrected chi connectivity index (χ2v) is 5.42. The lowest BCUT2D eigenvalue weighted by atomic mass is 10.3. The molecule has 0 bridgehead atoms. The molecule has 0 fully saturated rings. The molecule has 1 rings (SSSR count). The normalized spacial score (nSPS) is 14.1. The molecule has 20 heavy (non-hydrogen) atoms. The number of aromatic nitrogens is 1. The minimum Gasteiger partial charge on any atom is -0.383 e. The van der Waals surface area contributed by atoms with Crippen molar-refractivity contribution in [1.29, 1.82) is 0 Å². The van der Waals surface area contributed by atoms with Crippen molar-refractivity contribution in [2.45, 2.75) is 32.5 Å². The third-order valence-electron chi connectivity index (χ3n) is 2.77. The van der Waals surface area contributed by atoms with Crippen LogP contribution in [0.15, 0.2) is 5.38 Å². The van der Waals surface area contributed by atoms with Gasteiger partial charge < -0.3 is 20.1 Å². The molecule has 114 valence electrons. The summed E-state index contributed by atoms with van der Waals surface area (Å²) in [5, 5.41) is 2.86. The summed E-state index contributed by atoms with van der Waals surface area (Å²) in [6.45, 7) is 5.23. The third kappa shape index (κ3) is 4.82. The molecular formula is C13H23N3O3S. The maximum absolute atomic E-state index is 12.0. The molecule has 0 radical (unpaired) electrons. The van der Waals surface area contributed by atoms with Crippen LogP contribution in [0.1, 0.15) is 30.7 Å². The molecule has 1 heterocycles. The van der Waals surface area contributed by atoms with E-state index >= 15 is 0 Å². The van der Waals surface area contributed by atoms with Gasteiger partial charge in [0.1, 0.15) is 17.2 Å². The average molecular weight is 301 g/mol. The van der Waals surface area contributed by atoms with Gasteiger partial charge in [0.25, 0.3) is 0 Å². The highest BCUT2D eigenvalue weighted by atomic mass is 32.1. The van der Waals surface area contributed by atoms with Crippen molar-refractivity contribution in [3.8, 4) is 0 Å². The van der Waals surface area contributed by atoms with E-state index in [1.165, 1.54) is 18.4 Å². The summed E-state index contributed by atoms with van der Waals surface area (Å²) in [5.74, 6) is -0.153. The number of hydrogen-bond donors (Lipinski definition) is 1. The first-order valence-electron chi connectivity index (χ1n) is 6.55. The zero-order chi connectivity index (χ0) is 15.1. The molecule has 0 aliphatic rings. The van der Waals surface area contributed by atoms with Crippen LogP contribution in [0.3, 0.4) is 0 Å². The molecular weight excluding hydrogens is 278 g/mol. The number of hydrogen-bond acceptors (Lipinski definition) is 6. The van der Waals surface area contributed by atoms with Gasteiger partial charge in [-0.25, -0.2) is 4.98 Å². The number of likely N-dealkylation sites (N-methyl/N-ethyl adjacent to an activating group) is 1. The standard InChI is InChI=1S/C13H23N3O3S/c1-5-19-9(2)12-15-10(8-20-12)6-16(3)13(17)11(14)7-18-4/h8-9,11H,5-7,14H2,1-4H3. The van der Waals surface area contributed by atoms with E-state index in [1.807, 2.05) is 19.2 Å². The molecule has 2 unspecified atom stereocenters. The highest BCUT2D eigenvalue weighted by Crippen LogP contribution is 2.21. The Hall–Kier alpha value is -1.02. The first-order chi connectivity index (χ1) is 9.49. The molecule has 0 saturated heterocycles. The van der Waals surface area contributed by atoms with E-state index in [9.17, 15) is 4.79 Å². The number of nitrogens with two attached hydrogens (primary N) is 1. The predicted molar refractivity (Wildman–Crippen MR) is 78.5 cm³/mol. The maximum atomic E-state index is 12.0. The lowest BCUT2D eigenvalue weighted by Crippen LogP contribution is -2.44.